The quantitative estimate of drug-likeness (QED) is 0.821. The van der Waals surface area contributed by atoms with E-state index in [-0.39, 0.29) is 0 Å². The molecule has 1 heterocycles. The third-order valence-electron chi connectivity index (χ3n) is 2.02. The smallest absolute Gasteiger partial charge is 0.230 e. The van der Waals surface area contributed by atoms with Gasteiger partial charge in [0.15, 0.2) is 0 Å². The highest BCUT2D eigenvalue weighted by Crippen LogP contribution is 2.00. The summed E-state index contributed by atoms with van der Waals surface area (Å²) in [6.45, 7) is 3.20. The van der Waals surface area contributed by atoms with Crippen LogP contribution >= 0.6 is 0 Å². The molecular formula is C11H13N3O. The van der Waals surface area contributed by atoms with E-state index in [1.165, 1.54) is 5.56 Å². The zero-order chi connectivity index (χ0) is 10.5. The first kappa shape index (κ1) is 9.86. The second-order valence-corrected chi connectivity index (χ2v) is 3.30. The van der Waals surface area contributed by atoms with Gasteiger partial charge in [-0.25, -0.2) is 0 Å². The van der Waals surface area contributed by atoms with E-state index in [2.05, 4.69) is 27.6 Å². The number of nitrogens with zero attached hydrogens (tertiary/aromatic N) is 2. The molecule has 0 unspecified atom stereocenters. The van der Waals surface area contributed by atoms with Crippen molar-refractivity contribution in [3.63, 3.8) is 0 Å². The Morgan fingerprint density at radius 1 is 1.13 bits per heavy atom. The van der Waals surface area contributed by atoms with Gasteiger partial charge in [-0.1, -0.05) is 30.3 Å². The third kappa shape index (κ3) is 2.89. The molecule has 1 aromatic heterocycles. The van der Waals surface area contributed by atoms with Gasteiger partial charge in [-0.2, -0.15) is 0 Å². The van der Waals surface area contributed by atoms with Crippen molar-refractivity contribution in [1.29, 1.82) is 0 Å². The molecule has 0 saturated heterocycles. The predicted octanol–water partition coefficient (Wildman–Crippen LogP) is 1.67. The number of hydrogen-bond acceptors (Lipinski definition) is 4. The Labute approximate surface area is 88.3 Å². The number of nitrogens with one attached hydrogen (secondary N) is 1. The van der Waals surface area contributed by atoms with Crippen LogP contribution in [0.1, 0.15) is 17.3 Å². The predicted molar refractivity (Wildman–Crippen MR) is 56.0 cm³/mol. The molecule has 4 nitrogen and oxygen atoms in total. The Bertz CT molecular complexity index is 411. The van der Waals surface area contributed by atoms with Crippen LogP contribution in [0.4, 0.5) is 0 Å². The fourth-order valence-corrected chi connectivity index (χ4v) is 1.32. The molecule has 0 amide bonds. The van der Waals surface area contributed by atoms with Gasteiger partial charge in [-0.3, -0.25) is 0 Å². The summed E-state index contributed by atoms with van der Waals surface area (Å²) in [4.78, 5) is 0. The SMILES string of the molecule is Cc1nnc(CNCc2ccccc2)o1. The molecular weight excluding hydrogens is 190 g/mol. The lowest BCUT2D eigenvalue weighted by atomic mass is 10.2. The topological polar surface area (TPSA) is 51.0 Å². The molecule has 1 N–H and O–H groups in total. The molecule has 2 aromatic rings. The van der Waals surface area contributed by atoms with Crippen molar-refractivity contribution in [1.82, 2.24) is 15.5 Å². The molecule has 4 heteroatoms. The Morgan fingerprint density at radius 3 is 2.60 bits per heavy atom. The molecule has 0 fully saturated rings. The van der Waals surface area contributed by atoms with Crippen molar-refractivity contribution in [3.05, 3.63) is 47.7 Å². The molecule has 0 aliphatic rings. The fraction of sp³-hybridized carbons (Fsp3) is 0.273. The maximum absolute atomic E-state index is 5.24. The Hall–Kier alpha value is -1.68. The number of aromatic nitrogens is 2. The van der Waals surface area contributed by atoms with Gasteiger partial charge in [0.05, 0.1) is 6.54 Å². The summed E-state index contributed by atoms with van der Waals surface area (Å²) in [7, 11) is 0. The van der Waals surface area contributed by atoms with Gasteiger partial charge in [0.1, 0.15) is 0 Å². The van der Waals surface area contributed by atoms with Gasteiger partial charge >= 0.3 is 0 Å². The fourth-order valence-electron chi connectivity index (χ4n) is 1.32. The molecule has 0 aliphatic heterocycles. The molecule has 0 aliphatic carbocycles. The van der Waals surface area contributed by atoms with Crippen LogP contribution in [0.2, 0.25) is 0 Å². The summed E-state index contributed by atoms with van der Waals surface area (Å²) in [6.07, 6.45) is 0. The third-order valence-corrected chi connectivity index (χ3v) is 2.02. The highest BCUT2D eigenvalue weighted by atomic mass is 16.4. The van der Waals surface area contributed by atoms with E-state index in [4.69, 9.17) is 4.42 Å². The van der Waals surface area contributed by atoms with Crippen LogP contribution < -0.4 is 5.32 Å². The maximum Gasteiger partial charge on any atom is 0.230 e. The summed E-state index contributed by atoms with van der Waals surface area (Å²) >= 11 is 0. The minimum atomic E-state index is 0.603. The minimum Gasteiger partial charge on any atom is -0.424 e. The van der Waals surface area contributed by atoms with Crippen LogP contribution in [0.25, 0.3) is 0 Å². The zero-order valence-corrected chi connectivity index (χ0v) is 8.60. The van der Waals surface area contributed by atoms with Crippen molar-refractivity contribution in [2.75, 3.05) is 0 Å². The van der Waals surface area contributed by atoms with Gasteiger partial charge in [0, 0.05) is 13.5 Å². The number of rotatable bonds is 4. The average Bonchev–Trinajstić information content (AvgIpc) is 2.66. The van der Waals surface area contributed by atoms with Gasteiger partial charge in [-0.05, 0) is 5.56 Å². The van der Waals surface area contributed by atoms with Crippen molar-refractivity contribution < 1.29 is 4.42 Å². The van der Waals surface area contributed by atoms with E-state index in [0.717, 1.165) is 6.54 Å². The maximum atomic E-state index is 5.24. The molecule has 0 radical (unpaired) electrons. The van der Waals surface area contributed by atoms with E-state index in [0.29, 0.717) is 18.3 Å². The lowest BCUT2D eigenvalue weighted by Gasteiger charge is -2.00. The highest BCUT2D eigenvalue weighted by Gasteiger charge is 2.00. The van der Waals surface area contributed by atoms with Crippen molar-refractivity contribution in [2.45, 2.75) is 20.0 Å². The van der Waals surface area contributed by atoms with E-state index in [1.807, 2.05) is 18.2 Å². The monoisotopic (exact) mass is 203 g/mol. The van der Waals surface area contributed by atoms with Crippen LogP contribution in [0.5, 0.6) is 0 Å². The van der Waals surface area contributed by atoms with Crippen molar-refractivity contribution in [2.24, 2.45) is 0 Å². The molecule has 0 bridgehead atoms. The van der Waals surface area contributed by atoms with Crippen LogP contribution in [0.15, 0.2) is 34.7 Å². The summed E-state index contributed by atoms with van der Waals surface area (Å²) in [6, 6.07) is 10.2. The van der Waals surface area contributed by atoms with E-state index in [9.17, 15) is 0 Å². The second kappa shape index (κ2) is 4.70. The van der Waals surface area contributed by atoms with Crippen LogP contribution in [-0.4, -0.2) is 10.2 Å². The first-order valence-electron chi connectivity index (χ1n) is 4.88. The summed E-state index contributed by atoms with van der Waals surface area (Å²) in [5.74, 6) is 1.23. The van der Waals surface area contributed by atoms with Gasteiger partial charge < -0.3 is 9.73 Å². The van der Waals surface area contributed by atoms with Crippen LogP contribution in [0.3, 0.4) is 0 Å². The Balaban J connectivity index is 1.80. The second-order valence-electron chi connectivity index (χ2n) is 3.30. The van der Waals surface area contributed by atoms with Crippen molar-refractivity contribution >= 4 is 0 Å². The number of aryl methyl sites for hydroxylation is 1. The zero-order valence-electron chi connectivity index (χ0n) is 8.60. The van der Waals surface area contributed by atoms with Gasteiger partial charge in [0.2, 0.25) is 11.8 Å². The molecule has 15 heavy (non-hydrogen) atoms. The van der Waals surface area contributed by atoms with Gasteiger partial charge in [0.25, 0.3) is 0 Å². The van der Waals surface area contributed by atoms with Gasteiger partial charge in [-0.15, -0.1) is 10.2 Å². The standard InChI is InChI=1S/C11H13N3O/c1-9-13-14-11(15-9)8-12-7-10-5-3-2-4-6-10/h2-6,12H,7-8H2,1H3. The van der Waals surface area contributed by atoms with Crippen LogP contribution in [-0.2, 0) is 13.1 Å². The number of benzene rings is 1. The van der Waals surface area contributed by atoms with E-state index >= 15 is 0 Å². The lowest BCUT2D eigenvalue weighted by Crippen LogP contribution is -2.12. The molecule has 1 aromatic carbocycles. The molecule has 0 spiro atoms. The number of hydrogen-bond donors (Lipinski definition) is 1. The van der Waals surface area contributed by atoms with E-state index < -0.39 is 0 Å². The summed E-state index contributed by atoms with van der Waals surface area (Å²) < 4.78 is 5.24. The summed E-state index contributed by atoms with van der Waals surface area (Å²) in [5, 5.41) is 10.9. The molecule has 0 atom stereocenters. The Kier molecular flexibility index (Phi) is 3.09. The first-order chi connectivity index (χ1) is 7.34. The minimum absolute atomic E-state index is 0.603. The van der Waals surface area contributed by atoms with E-state index in [1.54, 1.807) is 6.92 Å². The average molecular weight is 203 g/mol. The molecule has 78 valence electrons. The molecule has 0 saturated carbocycles. The summed E-state index contributed by atoms with van der Waals surface area (Å²) in [5.41, 5.74) is 1.24. The van der Waals surface area contributed by atoms with Crippen molar-refractivity contribution in [3.8, 4) is 0 Å². The largest absolute Gasteiger partial charge is 0.424 e. The first-order valence-corrected chi connectivity index (χ1v) is 4.88. The highest BCUT2D eigenvalue weighted by molar-refractivity contribution is 5.14. The Morgan fingerprint density at radius 2 is 1.93 bits per heavy atom. The van der Waals surface area contributed by atoms with Crippen LogP contribution in [0, 0.1) is 6.92 Å². The normalized spacial score (nSPS) is 10.5. The molecule has 2 rings (SSSR count). The lowest BCUT2D eigenvalue weighted by molar-refractivity contribution is 0.447.